The number of ether oxygens (including phenoxy) is 2. The van der Waals surface area contributed by atoms with Gasteiger partial charge in [-0.1, -0.05) is 13.5 Å². The first-order valence-corrected chi connectivity index (χ1v) is 4.75. The predicted molar refractivity (Wildman–Crippen MR) is 53.6 cm³/mol. The van der Waals surface area contributed by atoms with Crippen LogP contribution in [0.15, 0.2) is 24.5 Å². The van der Waals surface area contributed by atoms with E-state index in [2.05, 4.69) is 20.4 Å². The zero-order valence-corrected chi connectivity index (χ0v) is 8.71. The lowest BCUT2D eigenvalue weighted by atomic mass is 9.82. The van der Waals surface area contributed by atoms with E-state index in [9.17, 15) is 4.79 Å². The molecule has 0 bridgehead atoms. The van der Waals surface area contributed by atoms with E-state index in [-0.39, 0.29) is 12.0 Å². The highest BCUT2D eigenvalue weighted by Crippen LogP contribution is 2.40. The molecule has 1 aliphatic heterocycles. The summed E-state index contributed by atoms with van der Waals surface area (Å²) in [6.07, 6.45) is 4.00. The van der Waals surface area contributed by atoms with Gasteiger partial charge in [0.15, 0.2) is 0 Å². The fourth-order valence-electron chi connectivity index (χ4n) is 1.24. The first-order valence-electron chi connectivity index (χ1n) is 4.75. The second kappa shape index (κ2) is 4.31. The second-order valence-corrected chi connectivity index (χ2v) is 3.61. The van der Waals surface area contributed by atoms with Gasteiger partial charge in [0.2, 0.25) is 0 Å². The van der Waals surface area contributed by atoms with Gasteiger partial charge in [-0.15, -0.1) is 0 Å². The second-order valence-electron chi connectivity index (χ2n) is 3.61. The summed E-state index contributed by atoms with van der Waals surface area (Å²) in [5.41, 5.74) is 0.139. The third kappa shape index (κ3) is 2.16. The Kier molecular flexibility index (Phi) is 3.33. The highest BCUT2D eigenvalue weighted by molar-refractivity contribution is 5.81. The van der Waals surface area contributed by atoms with Crippen LogP contribution in [0.4, 0.5) is 0 Å². The van der Waals surface area contributed by atoms with E-state index in [0.29, 0.717) is 0 Å². The Morgan fingerprint density at radius 1 is 1.79 bits per heavy atom. The van der Waals surface area contributed by atoms with Gasteiger partial charge in [0.05, 0.1) is 5.41 Å². The van der Waals surface area contributed by atoms with Crippen LogP contribution in [0.5, 0.6) is 0 Å². The molecule has 0 aromatic rings. The molecule has 1 rings (SSSR count). The lowest BCUT2D eigenvalue weighted by Crippen LogP contribution is -2.37. The third-order valence-electron chi connectivity index (χ3n) is 2.58. The van der Waals surface area contributed by atoms with E-state index in [1.165, 1.54) is 0 Å². The lowest BCUT2D eigenvalue weighted by molar-refractivity contribution is -0.136. The molecule has 3 nitrogen and oxygen atoms in total. The maximum Gasteiger partial charge on any atom is 0.330 e. The van der Waals surface area contributed by atoms with Crippen molar-refractivity contribution in [3.63, 3.8) is 0 Å². The third-order valence-corrected chi connectivity index (χ3v) is 2.58. The molecular weight excluding hydrogens is 180 g/mol. The first-order chi connectivity index (χ1) is 6.62. The zero-order chi connectivity index (χ0) is 10.6. The topological polar surface area (TPSA) is 35.5 Å². The summed E-state index contributed by atoms with van der Waals surface area (Å²) in [6, 6.07) is 0. The molecule has 0 radical (unpaired) electrons. The molecule has 1 atom stereocenters. The Bertz CT molecular complexity index is 264. The summed E-state index contributed by atoms with van der Waals surface area (Å²) in [6.45, 7) is 8.58. The molecule has 1 unspecified atom stereocenters. The normalized spacial score (nSPS) is 27.7. The monoisotopic (exact) mass is 196 g/mol. The molecule has 0 N–H and O–H groups in total. The van der Waals surface area contributed by atoms with E-state index in [0.717, 1.165) is 24.9 Å². The van der Waals surface area contributed by atoms with Gasteiger partial charge in [0, 0.05) is 6.08 Å². The van der Waals surface area contributed by atoms with Crippen LogP contribution in [0.1, 0.15) is 20.3 Å². The minimum atomic E-state index is -0.403. The molecule has 1 fully saturated rings. The molecule has 14 heavy (non-hydrogen) atoms. The molecule has 1 heterocycles. The van der Waals surface area contributed by atoms with Gasteiger partial charge in [-0.3, -0.25) is 0 Å². The largest absolute Gasteiger partial charge is 0.496 e. The number of carbonyl (C=O) groups is 1. The Morgan fingerprint density at radius 2 is 2.50 bits per heavy atom. The van der Waals surface area contributed by atoms with Gasteiger partial charge in [-0.05, 0) is 19.4 Å². The van der Waals surface area contributed by atoms with Crippen molar-refractivity contribution in [2.45, 2.75) is 20.3 Å². The van der Waals surface area contributed by atoms with Crippen LogP contribution < -0.4 is 0 Å². The molecular formula is C11H16O3. The van der Waals surface area contributed by atoms with E-state index >= 15 is 0 Å². The lowest BCUT2D eigenvalue weighted by Gasteiger charge is -2.40. The fourth-order valence-corrected chi connectivity index (χ4v) is 1.24. The minimum Gasteiger partial charge on any atom is -0.496 e. The number of rotatable bonds is 4. The van der Waals surface area contributed by atoms with Crippen LogP contribution in [0.25, 0.3) is 0 Å². The fraction of sp³-hybridized carbons (Fsp3) is 0.545. The van der Waals surface area contributed by atoms with Crippen molar-refractivity contribution in [1.29, 1.82) is 0 Å². The zero-order valence-electron chi connectivity index (χ0n) is 8.71. The quantitative estimate of drug-likeness (QED) is 0.510. The van der Waals surface area contributed by atoms with Gasteiger partial charge < -0.3 is 9.47 Å². The number of hydrogen-bond acceptors (Lipinski definition) is 3. The van der Waals surface area contributed by atoms with Crippen LogP contribution in [-0.2, 0) is 14.3 Å². The van der Waals surface area contributed by atoms with Gasteiger partial charge in [0.1, 0.15) is 19.0 Å². The van der Waals surface area contributed by atoms with Crippen LogP contribution in [0, 0.1) is 5.41 Å². The highest BCUT2D eigenvalue weighted by atomic mass is 16.5. The molecule has 1 saturated heterocycles. The summed E-state index contributed by atoms with van der Waals surface area (Å²) in [5.74, 6) is 0.524. The van der Waals surface area contributed by atoms with Crippen LogP contribution in [0.3, 0.4) is 0 Å². The maximum atomic E-state index is 10.7. The standard InChI is InChI=1S/C11H16O3/c1-4-10(12)13-7-6-9-11(3,5-2)8-14-9/h4,6H,1,5,7-8H2,2-3H3. The van der Waals surface area contributed by atoms with Crippen molar-refractivity contribution in [3.8, 4) is 0 Å². The van der Waals surface area contributed by atoms with Crippen molar-refractivity contribution in [3.05, 3.63) is 24.5 Å². The number of hydrogen-bond donors (Lipinski definition) is 0. The van der Waals surface area contributed by atoms with E-state index in [1.54, 1.807) is 0 Å². The molecule has 1 aliphatic rings. The SMILES string of the molecule is C=CC(=O)OCC=C1OCC1(C)CC. The number of carbonyl (C=O) groups excluding carboxylic acids is 1. The summed E-state index contributed by atoms with van der Waals surface area (Å²) < 4.78 is 10.1. The smallest absolute Gasteiger partial charge is 0.330 e. The van der Waals surface area contributed by atoms with Crippen molar-refractivity contribution in [1.82, 2.24) is 0 Å². The van der Waals surface area contributed by atoms with Crippen LogP contribution >= 0.6 is 0 Å². The molecule has 0 aliphatic carbocycles. The summed E-state index contributed by atoms with van der Waals surface area (Å²) in [7, 11) is 0. The molecule has 78 valence electrons. The van der Waals surface area contributed by atoms with E-state index in [1.807, 2.05) is 6.08 Å². The predicted octanol–water partition coefficient (Wildman–Crippen LogP) is 2.05. The summed E-state index contributed by atoms with van der Waals surface area (Å²) >= 11 is 0. The molecule has 0 saturated carbocycles. The molecule has 3 heteroatoms. The van der Waals surface area contributed by atoms with Crippen LogP contribution in [0.2, 0.25) is 0 Å². The Balaban J connectivity index is 2.39. The average molecular weight is 196 g/mol. The van der Waals surface area contributed by atoms with Gasteiger partial charge in [-0.2, -0.15) is 0 Å². The first kappa shape index (κ1) is 10.8. The Morgan fingerprint density at radius 3 is 2.93 bits per heavy atom. The molecule has 0 spiro atoms. The van der Waals surface area contributed by atoms with E-state index in [4.69, 9.17) is 9.47 Å². The van der Waals surface area contributed by atoms with Crippen molar-refractivity contribution >= 4 is 5.97 Å². The van der Waals surface area contributed by atoms with Crippen molar-refractivity contribution in [2.75, 3.05) is 13.2 Å². The summed E-state index contributed by atoms with van der Waals surface area (Å²) in [4.78, 5) is 10.7. The maximum absolute atomic E-state index is 10.7. The van der Waals surface area contributed by atoms with Crippen LogP contribution in [-0.4, -0.2) is 19.2 Å². The highest BCUT2D eigenvalue weighted by Gasteiger charge is 2.38. The number of esters is 1. The minimum absolute atomic E-state index is 0.139. The summed E-state index contributed by atoms with van der Waals surface area (Å²) in [5, 5.41) is 0. The van der Waals surface area contributed by atoms with Crippen molar-refractivity contribution in [2.24, 2.45) is 5.41 Å². The average Bonchev–Trinajstić information content (AvgIpc) is 2.20. The van der Waals surface area contributed by atoms with Gasteiger partial charge in [-0.25, -0.2) is 4.79 Å². The van der Waals surface area contributed by atoms with Gasteiger partial charge in [0.25, 0.3) is 0 Å². The van der Waals surface area contributed by atoms with Gasteiger partial charge >= 0.3 is 5.97 Å². The van der Waals surface area contributed by atoms with E-state index < -0.39 is 5.97 Å². The van der Waals surface area contributed by atoms with Crippen molar-refractivity contribution < 1.29 is 14.3 Å². The molecule has 0 amide bonds. The molecule has 0 aromatic carbocycles. The molecule has 0 aromatic heterocycles. The Labute approximate surface area is 84.4 Å². The Hall–Kier alpha value is -1.25.